The monoisotopic (exact) mass is 456 g/mol. The van der Waals surface area contributed by atoms with Gasteiger partial charge in [-0.05, 0) is 41.1 Å². The Hall–Kier alpha value is -3.97. The standard InChI is InChI=1S/C27H24N2O5/c1-32-21-9-8-18-14-20(7-6-19(18)15-21)25-16-23(22-4-2-3-5-24(22)28-25)27(31)34-17-26(30)29-10-12-33-13-11-29/h2-9,14-16H,10-13,17H2,1H3. The molecule has 4 aromatic rings. The van der Waals surface area contributed by atoms with Crippen LogP contribution >= 0.6 is 0 Å². The molecule has 0 unspecified atom stereocenters. The molecule has 172 valence electrons. The van der Waals surface area contributed by atoms with Crippen LogP contribution in [0.4, 0.5) is 0 Å². The first-order chi connectivity index (χ1) is 16.6. The van der Waals surface area contributed by atoms with Crippen molar-refractivity contribution in [3.8, 4) is 17.0 Å². The number of esters is 1. The molecule has 1 aromatic heterocycles. The molecule has 7 heteroatoms. The lowest BCUT2D eigenvalue weighted by Crippen LogP contribution is -2.42. The molecule has 0 N–H and O–H groups in total. The number of benzene rings is 3. The zero-order valence-corrected chi connectivity index (χ0v) is 18.8. The number of hydrogen-bond acceptors (Lipinski definition) is 6. The van der Waals surface area contributed by atoms with Crippen LogP contribution in [0.5, 0.6) is 5.75 Å². The maximum atomic E-state index is 13.1. The van der Waals surface area contributed by atoms with Crippen molar-refractivity contribution in [1.29, 1.82) is 0 Å². The highest BCUT2D eigenvalue weighted by molar-refractivity contribution is 6.05. The van der Waals surface area contributed by atoms with Gasteiger partial charge in [0.1, 0.15) is 5.75 Å². The summed E-state index contributed by atoms with van der Waals surface area (Å²) in [6, 6.07) is 21.0. The number of aromatic nitrogens is 1. The number of ether oxygens (including phenoxy) is 3. The predicted octanol–water partition coefficient (Wildman–Crippen LogP) is 4.08. The summed E-state index contributed by atoms with van der Waals surface area (Å²) < 4.78 is 16.0. The van der Waals surface area contributed by atoms with E-state index in [2.05, 4.69) is 0 Å². The topological polar surface area (TPSA) is 78.0 Å². The van der Waals surface area contributed by atoms with Gasteiger partial charge in [-0.1, -0.05) is 36.4 Å². The molecule has 5 rings (SSSR count). The van der Waals surface area contributed by atoms with Gasteiger partial charge in [0.15, 0.2) is 6.61 Å². The number of carbonyl (C=O) groups is 2. The molecule has 0 atom stereocenters. The van der Waals surface area contributed by atoms with Gasteiger partial charge in [0.2, 0.25) is 0 Å². The van der Waals surface area contributed by atoms with E-state index in [1.54, 1.807) is 18.1 Å². The third-order valence-corrected chi connectivity index (χ3v) is 5.97. The van der Waals surface area contributed by atoms with Crippen LogP contribution in [0.2, 0.25) is 0 Å². The minimum atomic E-state index is -0.549. The third-order valence-electron chi connectivity index (χ3n) is 5.97. The van der Waals surface area contributed by atoms with Crippen molar-refractivity contribution in [2.45, 2.75) is 0 Å². The predicted molar refractivity (Wildman–Crippen MR) is 129 cm³/mol. The molecule has 0 saturated carbocycles. The number of carbonyl (C=O) groups excluding carboxylic acids is 2. The van der Waals surface area contributed by atoms with Gasteiger partial charge < -0.3 is 19.1 Å². The first-order valence-electron chi connectivity index (χ1n) is 11.1. The number of pyridine rings is 1. The summed E-state index contributed by atoms with van der Waals surface area (Å²) >= 11 is 0. The fraction of sp³-hybridized carbons (Fsp3) is 0.222. The number of morpholine rings is 1. The first kappa shape index (κ1) is 21.9. The third kappa shape index (κ3) is 4.43. The number of fused-ring (bicyclic) bond motifs is 2. The van der Waals surface area contributed by atoms with Gasteiger partial charge in [-0.15, -0.1) is 0 Å². The fourth-order valence-corrected chi connectivity index (χ4v) is 4.11. The zero-order chi connectivity index (χ0) is 23.5. The minimum absolute atomic E-state index is 0.222. The molecular formula is C27H24N2O5. The van der Waals surface area contributed by atoms with Gasteiger partial charge in [-0.25, -0.2) is 9.78 Å². The van der Waals surface area contributed by atoms with Crippen molar-refractivity contribution in [2.24, 2.45) is 0 Å². The quantitative estimate of drug-likeness (QED) is 0.421. The normalized spacial score (nSPS) is 13.7. The molecule has 0 radical (unpaired) electrons. The number of amides is 1. The Morgan fingerprint density at radius 2 is 1.74 bits per heavy atom. The molecular weight excluding hydrogens is 432 g/mol. The lowest BCUT2D eigenvalue weighted by Gasteiger charge is -2.26. The molecule has 1 fully saturated rings. The van der Waals surface area contributed by atoms with E-state index in [-0.39, 0.29) is 12.5 Å². The summed E-state index contributed by atoms with van der Waals surface area (Å²) in [7, 11) is 1.64. The average molecular weight is 456 g/mol. The summed E-state index contributed by atoms with van der Waals surface area (Å²) in [5.74, 6) is 0.0212. The Morgan fingerprint density at radius 3 is 2.56 bits per heavy atom. The molecule has 1 aliphatic rings. The van der Waals surface area contributed by atoms with Gasteiger partial charge in [0.25, 0.3) is 5.91 Å². The molecule has 7 nitrogen and oxygen atoms in total. The lowest BCUT2D eigenvalue weighted by atomic mass is 10.0. The van der Waals surface area contributed by atoms with Crippen LogP contribution in [0.1, 0.15) is 10.4 Å². The molecule has 1 aliphatic heterocycles. The van der Waals surface area contributed by atoms with Crippen molar-refractivity contribution in [2.75, 3.05) is 40.0 Å². The van der Waals surface area contributed by atoms with E-state index in [0.29, 0.717) is 48.5 Å². The van der Waals surface area contributed by atoms with Crippen LogP contribution in [0.3, 0.4) is 0 Å². The van der Waals surface area contributed by atoms with Crippen molar-refractivity contribution < 1.29 is 23.8 Å². The Labute approximate surface area is 196 Å². The van der Waals surface area contributed by atoms with Gasteiger partial charge in [0.05, 0.1) is 37.1 Å². The largest absolute Gasteiger partial charge is 0.497 e. The highest BCUT2D eigenvalue weighted by Crippen LogP contribution is 2.29. The van der Waals surface area contributed by atoms with Crippen LogP contribution in [0, 0.1) is 0 Å². The molecule has 1 amide bonds. The molecule has 0 aliphatic carbocycles. The van der Waals surface area contributed by atoms with E-state index >= 15 is 0 Å². The number of hydrogen-bond donors (Lipinski definition) is 0. The highest BCUT2D eigenvalue weighted by Gasteiger charge is 2.20. The summed E-state index contributed by atoms with van der Waals surface area (Å²) in [6.07, 6.45) is 0. The van der Waals surface area contributed by atoms with Crippen LogP contribution < -0.4 is 4.74 Å². The van der Waals surface area contributed by atoms with Crippen LogP contribution in [0.25, 0.3) is 32.9 Å². The Bertz CT molecular complexity index is 1380. The van der Waals surface area contributed by atoms with E-state index in [1.165, 1.54) is 0 Å². The van der Waals surface area contributed by atoms with Crippen LogP contribution in [0.15, 0.2) is 66.7 Å². The summed E-state index contributed by atoms with van der Waals surface area (Å²) in [6.45, 7) is 1.70. The van der Waals surface area contributed by atoms with Crippen molar-refractivity contribution >= 4 is 33.6 Å². The number of nitrogens with zero attached hydrogens (tertiary/aromatic N) is 2. The Morgan fingerprint density at radius 1 is 0.971 bits per heavy atom. The van der Waals surface area contributed by atoms with Crippen molar-refractivity contribution in [3.63, 3.8) is 0 Å². The van der Waals surface area contributed by atoms with Crippen molar-refractivity contribution in [1.82, 2.24) is 9.88 Å². The van der Waals surface area contributed by atoms with E-state index in [4.69, 9.17) is 19.2 Å². The fourth-order valence-electron chi connectivity index (χ4n) is 4.11. The molecule has 0 spiro atoms. The number of methoxy groups -OCH3 is 1. The molecule has 0 bridgehead atoms. The first-order valence-corrected chi connectivity index (χ1v) is 11.1. The SMILES string of the molecule is COc1ccc2cc(-c3cc(C(=O)OCC(=O)N4CCOCC4)c4ccccc4n3)ccc2c1. The smallest absolute Gasteiger partial charge is 0.339 e. The Kier molecular flexibility index (Phi) is 6.10. The van der Waals surface area contributed by atoms with E-state index in [0.717, 1.165) is 22.1 Å². The van der Waals surface area contributed by atoms with Crippen molar-refractivity contribution in [3.05, 3.63) is 72.3 Å². The van der Waals surface area contributed by atoms with Crippen LogP contribution in [-0.2, 0) is 14.3 Å². The number of rotatable bonds is 5. The zero-order valence-electron chi connectivity index (χ0n) is 18.8. The summed E-state index contributed by atoms with van der Waals surface area (Å²) in [5, 5.41) is 2.76. The molecule has 1 saturated heterocycles. The van der Waals surface area contributed by atoms with E-state index < -0.39 is 5.97 Å². The second-order valence-corrected chi connectivity index (χ2v) is 8.07. The minimum Gasteiger partial charge on any atom is -0.497 e. The second-order valence-electron chi connectivity index (χ2n) is 8.07. The average Bonchev–Trinajstić information content (AvgIpc) is 2.90. The van der Waals surface area contributed by atoms with E-state index in [1.807, 2.05) is 60.7 Å². The summed E-state index contributed by atoms with van der Waals surface area (Å²) in [5.41, 5.74) is 2.59. The van der Waals surface area contributed by atoms with Gasteiger partial charge >= 0.3 is 5.97 Å². The highest BCUT2D eigenvalue weighted by atomic mass is 16.5. The second kappa shape index (κ2) is 9.49. The Balaban J connectivity index is 1.46. The maximum absolute atomic E-state index is 13.1. The number of para-hydroxylation sites is 1. The lowest BCUT2D eigenvalue weighted by molar-refractivity contribution is -0.138. The van der Waals surface area contributed by atoms with Gasteiger partial charge in [0, 0.05) is 24.0 Å². The van der Waals surface area contributed by atoms with Crippen LogP contribution in [-0.4, -0.2) is 61.8 Å². The van der Waals surface area contributed by atoms with Gasteiger partial charge in [-0.2, -0.15) is 0 Å². The summed E-state index contributed by atoms with van der Waals surface area (Å²) in [4.78, 5) is 31.9. The molecule has 34 heavy (non-hydrogen) atoms. The van der Waals surface area contributed by atoms with E-state index in [9.17, 15) is 9.59 Å². The molecule has 3 aromatic carbocycles. The molecule has 2 heterocycles. The maximum Gasteiger partial charge on any atom is 0.339 e. The van der Waals surface area contributed by atoms with Gasteiger partial charge in [-0.3, -0.25) is 4.79 Å².